The third-order valence-corrected chi connectivity index (χ3v) is 20.5. The number of aryl methyl sites for hydroxylation is 1. The Balaban J connectivity index is 0.913. The molecule has 29 heteroatoms. The van der Waals surface area contributed by atoms with Gasteiger partial charge in [-0.2, -0.15) is 9.97 Å². The first-order valence-electron chi connectivity index (χ1n) is 21.4. The zero-order valence-corrected chi connectivity index (χ0v) is 42.3. The van der Waals surface area contributed by atoms with Gasteiger partial charge in [-0.05, 0) is 77.7 Å². The predicted octanol–water partition coefficient (Wildman–Crippen LogP) is 5.12. The van der Waals surface area contributed by atoms with Crippen LogP contribution >= 0.6 is 71.9 Å². The Morgan fingerprint density at radius 1 is 0.803 bits per heavy atom. The molecule has 11 N–H and O–H groups in total. The van der Waals surface area contributed by atoms with Gasteiger partial charge in [-0.15, -0.1) is 56.7 Å². The van der Waals surface area contributed by atoms with E-state index >= 15 is 0 Å². The van der Waals surface area contributed by atoms with Crippen molar-refractivity contribution in [3.63, 3.8) is 0 Å². The fourth-order valence-electron chi connectivity index (χ4n) is 8.35. The molecule has 2 fully saturated rings. The summed E-state index contributed by atoms with van der Waals surface area (Å²) in [5.41, 5.74) is 10.1. The van der Waals surface area contributed by atoms with Crippen molar-refractivity contribution in [2.24, 2.45) is 0 Å². The molecule has 8 aromatic rings. The Hall–Kier alpha value is -4.61. The number of hydrogen-bond donors (Lipinski definition) is 9. The van der Waals surface area contributed by atoms with Crippen LogP contribution in [0.4, 0.5) is 11.8 Å². The molecule has 10 heterocycles. The van der Waals surface area contributed by atoms with Gasteiger partial charge >= 0.3 is 20.9 Å². The van der Waals surface area contributed by atoms with Gasteiger partial charge < -0.3 is 51.2 Å². The lowest BCUT2D eigenvalue weighted by Gasteiger charge is -2.30. The number of anilines is 2. The van der Waals surface area contributed by atoms with Crippen LogP contribution in [0, 0.1) is 0 Å². The average molecular weight is 1110 g/mol. The summed E-state index contributed by atoms with van der Waals surface area (Å²) in [6.45, 7) is -0.906. The van der Waals surface area contributed by atoms with E-state index in [-0.39, 0.29) is 29.4 Å². The van der Waals surface area contributed by atoms with Crippen LogP contribution in [0.25, 0.3) is 50.2 Å². The highest BCUT2D eigenvalue weighted by atomic mass is 32.1. The third-order valence-electron chi connectivity index (χ3n) is 11.7. The highest BCUT2D eigenvalue weighted by molar-refractivity contribution is 7.53. The first kappa shape index (κ1) is 49.9. The van der Waals surface area contributed by atoms with E-state index in [9.17, 15) is 48.9 Å². The Morgan fingerprint density at radius 3 is 2.11 bits per heavy atom. The topological polar surface area (TPSA) is 343 Å². The van der Waals surface area contributed by atoms with Gasteiger partial charge in [-0.3, -0.25) is 37.1 Å². The number of H-pyrrole nitrogens is 1. The molecule has 0 aromatic carbocycles. The van der Waals surface area contributed by atoms with E-state index in [0.29, 0.717) is 6.42 Å². The molecule has 22 nitrogen and oxygen atoms in total. The van der Waals surface area contributed by atoms with Crippen molar-refractivity contribution in [3.05, 3.63) is 110 Å². The van der Waals surface area contributed by atoms with Crippen molar-refractivity contribution in [3.8, 4) is 39.0 Å². The van der Waals surface area contributed by atoms with Crippen molar-refractivity contribution in [2.75, 3.05) is 24.2 Å². The lowest BCUT2D eigenvalue weighted by molar-refractivity contribution is -0.0710. The van der Waals surface area contributed by atoms with E-state index in [4.69, 9.17) is 30.0 Å². The van der Waals surface area contributed by atoms with Crippen molar-refractivity contribution in [2.45, 2.75) is 67.8 Å². The Kier molecular flexibility index (Phi) is 14.1. The third kappa shape index (κ3) is 9.96. The highest BCUT2D eigenvalue weighted by Gasteiger charge is 2.58. The Labute approximate surface area is 420 Å². The standard InChI is InChI=1S/C42H42N8O14P2S5/c43-28-11-12-49(42(56)46-28)38-30(52)32(20(17-51)61-38)64-66(59,60)40(55)34-33(31(53)39(62-34)50-18-45-29-36(50)47-41(44)48-37(29)54)63-65(57,58)13-1-4-19-16-27(25-8-7-23(69-25)21-5-2-14-67-21)71-35(19)26-10-9-24(70-26)22-6-3-15-68-22/h2-3,5-12,14-16,18,20,30-34,38-40,51-53,55H,1,4,13,17H2,(H,57,58)(H,59,60)(H2,43,46,56)(H3,44,47,48,54)/t20-,30-,31-,32-,33+,34+,38-,39-,40?/m1/s1. The van der Waals surface area contributed by atoms with Crippen LogP contribution in [0.3, 0.4) is 0 Å². The fourth-order valence-corrected chi connectivity index (χ4v) is 16.1. The number of hydrogen-bond acceptors (Lipinski definition) is 22. The number of aromatic amines is 1. The van der Waals surface area contributed by atoms with Gasteiger partial charge in [0.1, 0.15) is 42.4 Å². The molecule has 2 aliphatic heterocycles. The van der Waals surface area contributed by atoms with Gasteiger partial charge in [0.25, 0.3) is 5.56 Å². The minimum atomic E-state index is -5.57. The van der Waals surface area contributed by atoms with Crippen molar-refractivity contribution in [1.82, 2.24) is 29.1 Å². The summed E-state index contributed by atoms with van der Waals surface area (Å²) in [4.78, 5) is 70.8. The average Bonchev–Trinajstić information content (AvgIpc) is 4.17. The lowest BCUT2D eigenvalue weighted by atomic mass is 10.1. The number of aliphatic hydroxyl groups excluding tert-OH is 4. The van der Waals surface area contributed by atoms with E-state index < -0.39 is 94.1 Å². The second kappa shape index (κ2) is 20.0. The van der Waals surface area contributed by atoms with Crippen LogP contribution in [-0.4, -0.2) is 115 Å². The number of rotatable bonds is 17. The summed E-state index contributed by atoms with van der Waals surface area (Å²) in [7, 11) is -10.4. The highest BCUT2D eigenvalue weighted by Crippen LogP contribution is 2.57. The maximum atomic E-state index is 14.2. The molecule has 0 bridgehead atoms. The number of nitrogens with two attached hydrogens (primary N) is 2. The Bertz CT molecular complexity index is 3410. The monoisotopic (exact) mass is 1100 g/mol. The molecule has 3 unspecified atom stereocenters. The number of nitrogens with zero attached hydrogens (tertiary/aromatic N) is 5. The summed E-state index contributed by atoms with van der Waals surface area (Å²) < 4.78 is 52.9. The predicted molar refractivity (Wildman–Crippen MR) is 269 cm³/mol. The normalized spacial score (nSPS) is 24.6. The Morgan fingerprint density at radius 2 is 1.45 bits per heavy atom. The SMILES string of the molecule is Nc1ccn([C@@H]2O[C@H](CO)[C@@H](OP(=O)(O)C(O)[C@H]3O[C@@H](n4cnc5c(=O)[nH]c(N)nc54)[C@H](O)[C@@H]3OP(=O)(O)CCCc3cc(-c4ccc(-c5cccs5)s4)sc3-c3ccc(-c4cccs4)s3)[C@H]2O)c(=O)n1. The summed E-state index contributed by atoms with van der Waals surface area (Å²) >= 11 is 8.20. The van der Waals surface area contributed by atoms with Crippen LogP contribution in [0.15, 0.2) is 93.5 Å². The minimum absolute atomic E-state index is 0.0843. The van der Waals surface area contributed by atoms with Gasteiger partial charge in [-0.1, -0.05) is 12.1 Å². The maximum Gasteiger partial charge on any atom is 0.359 e. The van der Waals surface area contributed by atoms with Crippen LogP contribution in [-0.2, 0) is 34.1 Å². The molecular weight excluding hydrogens is 1060 g/mol. The van der Waals surface area contributed by atoms with E-state index in [1.807, 2.05) is 22.9 Å². The molecule has 0 amide bonds. The molecule has 10 rings (SSSR count). The molecule has 11 atom stereocenters. The molecule has 2 saturated heterocycles. The van der Waals surface area contributed by atoms with E-state index in [1.165, 1.54) is 6.07 Å². The minimum Gasteiger partial charge on any atom is -0.394 e. The van der Waals surface area contributed by atoms with E-state index in [2.05, 4.69) is 62.4 Å². The number of aromatic nitrogens is 6. The zero-order valence-electron chi connectivity index (χ0n) is 36.4. The molecular formula is C42H42N8O14P2S5. The molecule has 0 saturated carbocycles. The molecule has 0 radical (unpaired) electrons. The van der Waals surface area contributed by atoms with Gasteiger partial charge in [0.2, 0.25) is 5.95 Å². The molecule has 71 heavy (non-hydrogen) atoms. The van der Waals surface area contributed by atoms with Gasteiger partial charge in [0.05, 0.1) is 19.1 Å². The van der Waals surface area contributed by atoms with Crippen LogP contribution in [0.5, 0.6) is 0 Å². The smallest absolute Gasteiger partial charge is 0.359 e. The van der Waals surface area contributed by atoms with Crippen molar-refractivity contribution < 1.29 is 57.9 Å². The number of ether oxygens (including phenoxy) is 2. The first-order valence-corrected chi connectivity index (χ1v) is 29.1. The van der Waals surface area contributed by atoms with Gasteiger partial charge in [0, 0.05) is 45.2 Å². The second-order valence-corrected chi connectivity index (χ2v) is 25.3. The number of nitrogen functional groups attached to an aromatic ring is 2. The second-order valence-electron chi connectivity index (χ2n) is 16.4. The first-order chi connectivity index (χ1) is 34.0. The molecule has 0 spiro atoms. The van der Waals surface area contributed by atoms with Crippen LogP contribution in [0.1, 0.15) is 24.4 Å². The quantitative estimate of drug-likeness (QED) is 0.0534. The number of imidazole rings is 1. The van der Waals surface area contributed by atoms with Crippen LogP contribution in [0.2, 0.25) is 0 Å². The maximum absolute atomic E-state index is 14.2. The largest absolute Gasteiger partial charge is 0.394 e. The van der Waals surface area contributed by atoms with Crippen LogP contribution < -0.4 is 22.7 Å². The van der Waals surface area contributed by atoms with E-state index in [1.54, 1.807) is 56.7 Å². The molecule has 0 aliphatic carbocycles. The molecule has 8 aromatic heterocycles. The van der Waals surface area contributed by atoms with Gasteiger partial charge in [0.15, 0.2) is 29.5 Å². The fraction of sp³-hybridized carbons (Fsp3) is 0.310. The zero-order chi connectivity index (χ0) is 49.9. The summed E-state index contributed by atoms with van der Waals surface area (Å²) in [6.07, 6.45) is -12.9. The number of fused-ring (bicyclic) bond motifs is 1. The summed E-state index contributed by atoms with van der Waals surface area (Å²) in [6, 6.07) is 19.7. The van der Waals surface area contributed by atoms with E-state index in [0.717, 1.165) is 66.2 Å². The van der Waals surface area contributed by atoms with Crippen molar-refractivity contribution in [1.29, 1.82) is 0 Å². The lowest BCUT2D eigenvalue weighted by Crippen LogP contribution is -2.42. The molecule has 374 valence electrons. The summed E-state index contributed by atoms with van der Waals surface area (Å²) in [5, 5.41) is 49.0. The number of aliphatic hydroxyl groups is 4. The van der Waals surface area contributed by atoms with Crippen molar-refractivity contribution >= 4 is 94.8 Å². The van der Waals surface area contributed by atoms with Gasteiger partial charge in [-0.25, -0.2) is 9.78 Å². The number of nitrogens with one attached hydrogen (secondary N) is 1. The number of thiophene rings is 5. The molecule has 2 aliphatic rings. The summed E-state index contributed by atoms with van der Waals surface area (Å²) in [5.74, 6) is -3.20.